The molecule has 15 heavy (non-hydrogen) atoms. The molecule has 3 heteroatoms. The van der Waals surface area contributed by atoms with E-state index in [0.29, 0.717) is 6.42 Å². The third kappa shape index (κ3) is 2.18. The first-order valence-corrected chi connectivity index (χ1v) is 5.29. The van der Waals surface area contributed by atoms with Crippen LogP contribution in [0.1, 0.15) is 23.1 Å². The quantitative estimate of drug-likeness (QED) is 0.444. The van der Waals surface area contributed by atoms with E-state index in [4.69, 9.17) is 5.84 Å². The van der Waals surface area contributed by atoms with Gasteiger partial charge < -0.3 is 0 Å². The van der Waals surface area contributed by atoms with Gasteiger partial charge in [0.1, 0.15) is 0 Å². The Bertz CT molecular complexity index is 385. The number of likely N-dealkylation sites (N-methyl/N-ethyl adjacent to an activating group) is 1. The maximum atomic E-state index is 11.4. The highest BCUT2D eigenvalue weighted by Gasteiger charge is 2.12. The Hall–Kier alpha value is -1.35. The number of carbonyl (C=O) groups excluding carboxylic acids is 1. The molecule has 0 aliphatic heterocycles. The van der Waals surface area contributed by atoms with Gasteiger partial charge in [-0.05, 0) is 36.0 Å². The van der Waals surface area contributed by atoms with Crippen molar-refractivity contribution >= 4 is 5.91 Å². The highest BCUT2D eigenvalue weighted by atomic mass is 16.2. The van der Waals surface area contributed by atoms with Crippen molar-refractivity contribution in [1.29, 1.82) is 0 Å². The van der Waals surface area contributed by atoms with Crippen LogP contribution in [-0.2, 0) is 24.1 Å². The van der Waals surface area contributed by atoms with Gasteiger partial charge in [0.05, 0.1) is 6.42 Å². The van der Waals surface area contributed by atoms with Gasteiger partial charge in [0.25, 0.3) is 0 Å². The lowest BCUT2D eigenvalue weighted by Gasteiger charge is -2.10. The van der Waals surface area contributed by atoms with Crippen molar-refractivity contribution in [1.82, 2.24) is 5.01 Å². The molecule has 0 fully saturated rings. The summed E-state index contributed by atoms with van der Waals surface area (Å²) in [5.41, 5.74) is 3.91. The van der Waals surface area contributed by atoms with Crippen molar-refractivity contribution in [3.8, 4) is 0 Å². The number of nitrogens with two attached hydrogens (primary N) is 1. The van der Waals surface area contributed by atoms with Gasteiger partial charge in [0.2, 0.25) is 5.91 Å². The van der Waals surface area contributed by atoms with Crippen LogP contribution in [0.4, 0.5) is 0 Å². The summed E-state index contributed by atoms with van der Waals surface area (Å²) in [5, 5.41) is 1.15. The Morgan fingerprint density at radius 2 is 2.13 bits per heavy atom. The van der Waals surface area contributed by atoms with E-state index >= 15 is 0 Å². The molecule has 1 aromatic rings. The van der Waals surface area contributed by atoms with Crippen molar-refractivity contribution in [3.63, 3.8) is 0 Å². The van der Waals surface area contributed by atoms with E-state index in [-0.39, 0.29) is 5.91 Å². The van der Waals surface area contributed by atoms with Gasteiger partial charge >= 0.3 is 0 Å². The summed E-state index contributed by atoms with van der Waals surface area (Å²) < 4.78 is 0. The molecule has 1 aliphatic rings. The second kappa shape index (κ2) is 4.03. The molecular weight excluding hydrogens is 188 g/mol. The molecule has 0 saturated heterocycles. The Balaban J connectivity index is 2.13. The number of hydrogen-bond acceptors (Lipinski definition) is 2. The first kappa shape index (κ1) is 10.2. The number of rotatable bonds is 2. The van der Waals surface area contributed by atoms with Crippen LogP contribution in [-0.4, -0.2) is 18.0 Å². The summed E-state index contributed by atoms with van der Waals surface area (Å²) in [7, 11) is 1.58. The summed E-state index contributed by atoms with van der Waals surface area (Å²) in [6, 6.07) is 6.32. The Labute approximate surface area is 89.8 Å². The Kier molecular flexibility index (Phi) is 2.73. The molecule has 0 saturated carbocycles. The topological polar surface area (TPSA) is 46.3 Å². The van der Waals surface area contributed by atoms with Crippen LogP contribution in [0.25, 0.3) is 0 Å². The average molecular weight is 204 g/mol. The van der Waals surface area contributed by atoms with Crippen molar-refractivity contribution in [2.45, 2.75) is 25.7 Å². The lowest BCUT2D eigenvalue weighted by Crippen LogP contribution is -2.34. The summed E-state index contributed by atoms with van der Waals surface area (Å²) in [6.45, 7) is 0. The zero-order valence-electron chi connectivity index (χ0n) is 8.99. The van der Waals surface area contributed by atoms with E-state index < -0.39 is 0 Å². The number of hydrazine groups is 1. The smallest absolute Gasteiger partial charge is 0.240 e. The lowest BCUT2D eigenvalue weighted by atomic mass is 10.0. The van der Waals surface area contributed by atoms with Crippen molar-refractivity contribution in [2.24, 2.45) is 5.84 Å². The Morgan fingerprint density at radius 1 is 1.40 bits per heavy atom. The molecule has 0 radical (unpaired) electrons. The predicted octanol–water partition coefficient (Wildman–Crippen LogP) is 1.05. The molecule has 1 aromatic carbocycles. The zero-order chi connectivity index (χ0) is 10.8. The van der Waals surface area contributed by atoms with E-state index in [1.807, 2.05) is 6.07 Å². The van der Waals surface area contributed by atoms with Crippen LogP contribution >= 0.6 is 0 Å². The molecule has 0 aromatic heterocycles. The molecule has 2 rings (SSSR count). The van der Waals surface area contributed by atoms with Crippen molar-refractivity contribution in [3.05, 3.63) is 34.9 Å². The number of fused-ring (bicyclic) bond motifs is 1. The van der Waals surface area contributed by atoms with Crippen LogP contribution < -0.4 is 5.84 Å². The second-order valence-corrected chi connectivity index (χ2v) is 4.14. The van der Waals surface area contributed by atoms with Gasteiger partial charge in [0, 0.05) is 7.05 Å². The van der Waals surface area contributed by atoms with E-state index in [9.17, 15) is 4.79 Å². The molecule has 2 N–H and O–H groups in total. The van der Waals surface area contributed by atoms with Crippen LogP contribution in [0.15, 0.2) is 18.2 Å². The van der Waals surface area contributed by atoms with Crippen LogP contribution in [0.2, 0.25) is 0 Å². The molecule has 1 amide bonds. The molecule has 0 atom stereocenters. The second-order valence-electron chi connectivity index (χ2n) is 4.14. The molecule has 1 aliphatic carbocycles. The number of hydrogen-bond donors (Lipinski definition) is 1. The van der Waals surface area contributed by atoms with Crippen LogP contribution in [0, 0.1) is 0 Å². The summed E-state index contributed by atoms with van der Waals surface area (Å²) >= 11 is 0. The third-order valence-electron chi connectivity index (χ3n) is 2.91. The first-order valence-electron chi connectivity index (χ1n) is 5.29. The fraction of sp³-hybridized carbons (Fsp3) is 0.417. The van der Waals surface area contributed by atoms with Gasteiger partial charge in [-0.1, -0.05) is 18.2 Å². The van der Waals surface area contributed by atoms with Crippen LogP contribution in [0.5, 0.6) is 0 Å². The third-order valence-corrected chi connectivity index (χ3v) is 2.91. The van der Waals surface area contributed by atoms with E-state index in [1.165, 1.54) is 24.0 Å². The van der Waals surface area contributed by atoms with Gasteiger partial charge in [-0.25, -0.2) is 5.84 Å². The summed E-state index contributed by atoms with van der Waals surface area (Å²) in [4.78, 5) is 11.4. The zero-order valence-corrected chi connectivity index (χ0v) is 8.99. The average Bonchev–Trinajstić information content (AvgIpc) is 2.64. The number of aryl methyl sites for hydroxylation is 2. The van der Waals surface area contributed by atoms with Crippen molar-refractivity contribution in [2.75, 3.05) is 7.05 Å². The van der Waals surface area contributed by atoms with Gasteiger partial charge in [-0.2, -0.15) is 0 Å². The van der Waals surface area contributed by atoms with Crippen LogP contribution in [0.3, 0.4) is 0 Å². The maximum Gasteiger partial charge on any atom is 0.240 e. The highest BCUT2D eigenvalue weighted by molar-refractivity contribution is 5.78. The maximum absolute atomic E-state index is 11.4. The molecule has 0 unspecified atom stereocenters. The molecule has 0 bridgehead atoms. The lowest BCUT2D eigenvalue weighted by molar-refractivity contribution is -0.129. The van der Waals surface area contributed by atoms with Gasteiger partial charge in [0.15, 0.2) is 0 Å². The monoisotopic (exact) mass is 204 g/mol. The molecular formula is C12H16N2O. The van der Waals surface area contributed by atoms with Gasteiger partial charge in [-0.15, -0.1) is 0 Å². The molecule has 0 heterocycles. The summed E-state index contributed by atoms with van der Waals surface area (Å²) in [5.74, 6) is 5.33. The Morgan fingerprint density at radius 3 is 2.87 bits per heavy atom. The number of nitrogens with zero attached hydrogens (tertiary/aromatic N) is 1. The van der Waals surface area contributed by atoms with Gasteiger partial charge in [-0.3, -0.25) is 9.80 Å². The minimum atomic E-state index is -0.0482. The standard InChI is InChI=1S/C12H16N2O/c1-14(13)12(15)8-9-5-6-10-3-2-4-11(10)7-9/h5-7H,2-4,8,13H2,1H3. The number of amides is 1. The van der Waals surface area contributed by atoms with E-state index in [0.717, 1.165) is 17.0 Å². The first-order chi connectivity index (χ1) is 7.16. The number of carbonyl (C=O) groups is 1. The fourth-order valence-corrected chi connectivity index (χ4v) is 2.03. The van der Waals surface area contributed by atoms with Crippen molar-refractivity contribution < 1.29 is 4.79 Å². The molecule has 0 spiro atoms. The summed E-state index contributed by atoms with van der Waals surface area (Å²) in [6.07, 6.45) is 3.97. The molecule has 80 valence electrons. The highest BCUT2D eigenvalue weighted by Crippen LogP contribution is 2.22. The minimum absolute atomic E-state index is 0.0482. The normalized spacial score (nSPS) is 13.7. The SMILES string of the molecule is CN(N)C(=O)Cc1ccc2c(c1)CCC2. The predicted molar refractivity (Wildman–Crippen MR) is 59.1 cm³/mol. The fourth-order valence-electron chi connectivity index (χ4n) is 2.03. The largest absolute Gasteiger partial charge is 0.284 e. The minimum Gasteiger partial charge on any atom is -0.284 e. The van der Waals surface area contributed by atoms with E-state index in [2.05, 4.69) is 12.1 Å². The molecule has 3 nitrogen and oxygen atoms in total. The number of benzene rings is 1. The van der Waals surface area contributed by atoms with E-state index in [1.54, 1.807) is 7.05 Å².